The molecule has 4 nitrogen and oxygen atoms in total. The quantitative estimate of drug-likeness (QED) is 0.915. The summed E-state index contributed by atoms with van der Waals surface area (Å²) in [7, 11) is 0. The Morgan fingerprint density at radius 1 is 1.29 bits per heavy atom. The average Bonchev–Trinajstić information content (AvgIpc) is 3.04. The molecule has 112 valence electrons. The van der Waals surface area contributed by atoms with Crippen molar-refractivity contribution in [2.75, 3.05) is 25.0 Å². The second-order valence-corrected chi connectivity index (χ2v) is 5.78. The van der Waals surface area contributed by atoms with Crippen LogP contribution in [-0.4, -0.2) is 40.1 Å². The zero-order valence-electron chi connectivity index (χ0n) is 12.7. The molecule has 1 aliphatic rings. The summed E-state index contributed by atoms with van der Waals surface area (Å²) in [5.41, 5.74) is 2.36. The number of nitrogens with one attached hydrogen (secondary N) is 1. The first kappa shape index (κ1) is 14.1. The number of imidazole rings is 1. The summed E-state index contributed by atoms with van der Waals surface area (Å²) < 4.78 is 2.04. The summed E-state index contributed by atoms with van der Waals surface area (Å²) in [4.78, 5) is 6.68. The smallest absolute Gasteiger partial charge is 0.0991 e. The highest BCUT2D eigenvalue weighted by molar-refractivity contribution is 5.51. The third-order valence-electron chi connectivity index (χ3n) is 4.15. The zero-order chi connectivity index (χ0) is 14.5. The number of rotatable bonds is 5. The Balaban J connectivity index is 1.60. The molecule has 0 saturated carbocycles. The number of piperidine rings is 1. The number of hydrogen-bond donors (Lipinski definition) is 1. The molecule has 1 saturated heterocycles. The van der Waals surface area contributed by atoms with E-state index in [-0.39, 0.29) is 0 Å². The van der Waals surface area contributed by atoms with Crippen LogP contribution in [0, 0.1) is 0 Å². The van der Waals surface area contributed by atoms with E-state index < -0.39 is 0 Å². The van der Waals surface area contributed by atoms with Gasteiger partial charge in [-0.2, -0.15) is 0 Å². The second kappa shape index (κ2) is 6.76. The number of benzene rings is 1. The highest BCUT2D eigenvalue weighted by atomic mass is 15.1. The maximum atomic E-state index is 4.11. The molecule has 2 heterocycles. The summed E-state index contributed by atoms with van der Waals surface area (Å²) in [6.07, 6.45) is 9.34. The van der Waals surface area contributed by atoms with Gasteiger partial charge in [0.25, 0.3) is 0 Å². The lowest BCUT2D eigenvalue weighted by atomic mass is 10.0. The molecular formula is C17H24N4. The number of aromatic nitrogens is 2. The third kappa shape index (κ3) is 3.64. The molecule has 0 spiro atoms. The van der Waals surface area contributed by atoms with Gasteiger partial charge in [-0.25, -0.2) is 4.98 Å². The van der Waals surface area contributed by atoms with Crippen molar-refractivity contribution in [3.63, 3.8) is 0 Å². The molecule has 1 aliphatic heterocycles. The van der Waals surface area contributed by atoms with E-state index >= 15 is 0 Å². The van der Waals surface area contributed by atoms with Crippen molar-refractivity contribution in [1.82, 2.24) is 14.5 Å². The lowest BCUT2D eigenvalue weighted by molar-refractivity contribution is 0.219. The number of anilines is 1. The van der Waals surface area contributed by atoms with E-state index in [2.05, 4.69) is 46.4 Å². The van der Waals surface area contributed by atoms with Gasteiger partial charge < -0.3 is 14.8 Å². The van der Waals surface area contributed by atoms with E-state index in [1.807, 2.05) is 23.3 Å². The van der Waals surface area contributed by atoms with Gasteiger partial charge in [0.15, 0.2) is 0 Å². The van der Waals surface area contributed by atoms with Gasteiger partial charge in [0.05, 0.1) is 6.33 Å². The summed E-state index contributed by atoms with van der Waals surface area (Å²) >= 11 is 0. The molecule has 4 heteroatoms. The molecule has 1 fully saturated rings. The van der Waals surface area contributed by atoms with Gasteiger partial charge in [0.2, 0.25) is 0 Å². The topological polar surface area (TPSA) is 33.1 Å². The van der Waals surface area contributed by atoms with E-state index in [4.69, 9.17) is 0 Å². The van der Waals surface area contributed by atoms with E-state index in [0.29, 0.717) is 6.04 Å². The number of nitrogens with zero attached hydrogens (tertiary/aromatic N) is 3. The Hall–Kier alpha value is -1.81. The summed E-state index contributed by atoms with van der Waals surface area (Å²) in [5.74, 6) is 0. The van der Waals surface area contributed by atoms with Crippen molar-refractivity contribution in [3.8, 4) is 5.69 Å². The fourth-order valence-electron chi connectivity index (χ4n) is 3.02. The predicted molar refractivity (Wildman–Crippen MR) is 86.9 cm³/mol. The van der Waals surface area contributed by atoms with Crippen LogP contribution in [0.5, 0.6) is 0 Å². The second-order valence-electron chi connectivity index (χ2n) is 5.78. The highest BCUT2D eigenvalue weighted by Gasteiger charge is 2.18. The van der Waals surface area contributed by atoms with Gasteiger partial charge in [-0.1, -0.05) is 13.0 Å². The van der Waals surface area contributed by atoms with Crippen LogP contribution in [0.4, 0.5) is 5.69 Å². The molecule has 3 rings (SSSR count). The molecule has 1 aromatic heterocycles. The minimum atomic E-state index is 0.594. The largest absolute Gasteiger partial charge is 0.382 e. The van der Waals surface area contributed by atoms with Crippen LogP contribution in [0.25, 0.3) is 5.69 Å². The Labute approximate surface area is 126 Å². The van der Waals surface area contributed by atoms with Crippen LogP contribution in [0.1, 0.15) is 26.2 Å². The average molecular weight is 284 g/mol. The van der Waals surface area contributed by atoms with Gasteiger partial charge in [0, 0.05) is 42.9 Å². The van der Waals surface area contributed by atoms with Gasteiger partial charge in [0.1, 0.15) is 0 Å². The van der Waals surface area contributed by atoms with Crippen molar-refractivity contribution in [2.24, 2.45) is 0 Å². The molecule has 0 unspecified atom stereocenters. The van der Waals surface area contributed by atoms with Crippen molar-refractivity contribution >= 4 is 5.69 Å². The van der Waals surface area contributed by atoms with Crippen LogP contribution in [0.15, 0.2) is 43.0 Å². The highest BCUT2D eigenvalue weighted by Crippen LogP contribution is 2.19. The lowest BCUT2D eigenvalue weighted by Crippen LogP contribution is -2.39. The number of likely N-dealkylation sites (tertiary alicyclic amines) is 1. The van der Waals surface area contributed by atoms with Crippen molar-refractivity contribution in [3.05, 3.63) is 43.0 Å². The fraction of sp³-hybridized carbons (Fsp3) is 0.471. The predicted octanol–water partition coefficient (Wildman–Crippen LogP) is 3.16. The Morgan fingerprint density at radius 2 is 2.14 bits per heavy atom. The molecule has 0 bridgehead atoms. The zero-order valence-corrected chi connectivity index (χ0v) is 12.7. The first-order chi connectivity index (χ1) is 10.3. The molecule has 0 amide bonds. The Morgan fingerprint density at radius 3 is 2.86 bits per heavy atom. The van der Waals surface area contributed by atoms with E-state index in [9.17, 15) is 0 Å². The van der Waals surface area contributed by atoms with Crippen molar-refractivity contribution in [2.45, 2.75) is 32.2 Å². The third-order valence-corrected chi connectivity index (χ3v) is 4.15. The standard InChI is InChI=1S/C17H24N4/c1-2-9-20-10-6-15(7-11-20)19-16-4-3-5-17(13-16)21-12-8-18-14-21/h3-5,8,12-15,19H,2,6-7,9-11H2,1H3. The van der Waals surface area contributed by atoms with Crippen LogP contribution >= 0.6 is 0 Å². The Kier molecular flexibility index (Phi) is 4.55. The number of hydrogen-bond acceptors (Lipinski definition) is 3. The van der Waals surface area contributed by atoms with E-state index in [1.54, 1.807) is 0 Å². The summed E-state index contributed by atoms with van der Waals surface area (Å²) in [6.45, 7) is 5.92. The maximum Gasteiger partial charge on any atom is 0.0991 e. The fourth-order valence-corrected chi connectivity index (χ4v) is 3.02. The van der Waals surface area contributed by atoms with E-state index in [0.717, 1.165) is 5.69 Å². The molecular weight excluding hydrogens is 260 g/mol. The SMILES string of the molecule is CCCN1CCC(Nc2cccc(-n3ccnc3)c2)CC1. The van der Waals surface area contributed by atoms with Gasteiger partial charge >= 0.3 is 0 Å². The van der Waals surface area contributed by atoms with Crippen LogP contribution < -0.4 is 5.32 Å². The van der Waals surface area contributed by atoms with Gasteiger partial charge in [-0.15, -0.1) is 0 Å². The molecule has 0 aliphatic carbocycles. The van der Waals surface area contributed by atoms with Crippen molar-refractivity contribution in [1.29, 1.82) is 0 Å². The Bertz CT molecular complexity index is 542. The molecule has 0 radical (unpaired) electrons. The first-order valence-electron chi connectivity index (χ1n) is 7.92. The van der Waals surface area contributed by atoms with Crippen LogP contribution in [0.2, 0.25) is 0 Å². The molecule has 2 aromatic rings. The summed E-state index contributed by atoms with van der Waals surface area (Å²) in [5, 5.41) is 3.69. The molecule has 0 atom stereocenters. The minimum Gasteiger partial charge on any atom is -0.382 e. The van der Waals surface area contributed by atoms with Gasteiger partial charge in [-0.3, -0.25) is 0 Å². The normalized spacial score (nSPS) is 17.0. The molecule has 1 aromatic carbocycles. The van der Waals surface area contributed by atoms with Gasteiger partial charge in [-0.05, 0) is 44.0 Å². The summed E-state index contributed by atoms with van der Waals surface area (Å²) in [6, 6.07) is 9.15. The lowest BCUT2D eigenvalue weighted by Gasteiger charge is -2.32. The van der Waals surface area contributed by atoms with E-state index in [1.165, 1.54) is 44.6 Å². The maximum absolute atomic E-state index is 4.11. The van der Waals surface area contributed by atoms with Crippen LogP contribution in [-0.2, 0) is 0 Å². The monoisotopic (exact) mass is 284 g/mol. The molecule has 1 N–H and O–H groups in total. The van der Waals surface area contributed by atoms with Crippen LogP contribution in [0.3, 0.4) is 0 Å². The van der Waals surface area contributed by atoms with Crippen molar-refractivity contribution < 1.29 is 0 Å². The molecule has 21 heavy (non-hydrogen) atoms. The minimum absolute atomic E-state index is 0.594. The first-order valence-corrected chi connectivity index (χ1v) is 7.92.